The fourth-order valence-electron chi connectivity index (χ4n) is 3.40. The van der Waals surface area contributed by atoms with Gasteiger partial charge in [0.2, 0.25) is 5.95 Å². The van der Waals surface area contributed by atoms with Crippen LogP contribution in [0, 0.1) is 5.82 Å². The minimum Gasteiger partial charge on any atom is -0.363 e. The fourth-order valence-corrected chi connectivity index (χ4v) is 4.36. The maximum absolute atomic E-state index is 13.2. The van der Waals surface area contributed by atoms with E-state index in [4.69, 9.17) is 0 Å². The molecule has 0 radical (unpaired) electrons. The van der Waals surface area contributed by atoms with Crippen LogP contribution in [0.2, 0.25) is 0 Å². The van der Waals surface area contributed by atoms with Crippen LogP contribution < -0.4 is 15.1 Å². The SMILES string of the molecule is CN(C)c1cc(Nc2ccc(F)cc2)nc(N2CCN(Sc3cccc(C(F)(F)F)c3)CC2)n1. The van der Waals surface area contributed by atoms with Crippen molar-refractivity contribution in [2.24, 2.45) is 0 Å². The molecule has 2 aromatic carbocycles. The maximum atomic E-state index is 13.2. The van der Waals surface area contributed by atoms with Crippen LogP contribution in [0.3, 0.4) is 0 Å². The van der Waals surface area contributed by atoms with Gasteiger partial charge in [-0.1, -0.05) is 6.07 Å². The van der Waals surface area contributed by atoms with Gasteiger partial charge in [0.15, 0.2) is 0 Å². The number of piperazine rings is 1. The summed E-state index contributed by atoms with van der Waals surface area (Å²) >= 11 is 1.32. The number of hydrogen-bond acceptors (Lipinski definition) is 7. The highest BCUT2D eigenvalue weighted by Gasteiger charge is 2.30. The lowest BCUT2D eigenvalue weighted by Crippen LogP contribution is -2.44. The smallest absolute Gasteiger partial charge is 0.363 e. The van der Waals surface area contributed by atoms with E-state index in [0.717, 1.165) is 11.9 Å². The van der Waals surface area contributed by atoms with Gasteiger partial charge in [0.05, 0.1) is 5.56 Å². The summed E-state index contributed by atoms with van der Waals surface area (Å²) in [6.45, 7) is 2.52. The first kappa shape index (κ1) is 24.1. The molecule has 3 aromatic rings. The van der Waals surface area contributed by atoms with Crippen LogP contribution in [-0.4, -0.2) is 54.5 Å². The van der Waals surface area contributed by atoms with Crippen LogP contribution in [0.25, 0.3) is 0 Å². The summed E-state index contributed by atoms with van der Waals surface area (Å²) < 4.78 is 54.2. The lowest BCUT2D eigenvalue weighted by atomic mass is 10.2. The molecular weight excluding hydrogens is 468 g/mol. The lowest BCUT2D eigenvalue weighted by molar-refractivity contribution is -0.137. The Morgan fingerprint density at radius 3 is 2.29 bits per heavy atom. The first-order valence-corrected chi connectivity index (χ1v) is 11.4. The Kier molecular flexibility index (Phi) is 7.13. The summed E-state index contributed by atoms with van der Waals surface area (Å²) in [4.78, 5) is 13.8. The second-order valence-corrected chi connectivity index (χ2v) is 9.14. The molecule has 1 N–H and O–H groups in total. The summed E-state index contributed by atoms with van der Waals surface area (Å²) in [5, 5.41) is 3.19. The number of rotatable bonds is 6. The number of hydrogen-bond donors (Lipinski definition) is 1. The van der Waals surface area contributed by atoms with Gasteiger partial charge in [-0.3, -0.25) is 0 Å². The number of anilines is 4. The highest BCUT2D eigenvalue weighted by molar-refractivity contribution is 7.97. The Bertz CT molecular complexity index is 1120. The van der Waals surface area contributed by atoms with Gasteiger partial charge in [-0.15, -0.1) is 0 Å². The monoisotopic (exact) mass is 492 g/mol. The standard InChI is InChI=1S/C23H24F4N6S/c1-31(2)21-15-20(28-18-8-6-17(24)7-9-18)29-22(30-21)32-10-12-33(13-11-32)34-19-5-3-4-16(14-19)23(25,26)27/h3-9,14-15H,10-13H2,1-2H3,(H,28,29,30). The van der Waals surface area contributed by atoms with Crippen molar-refractivity contribution >= 4 is 35.2 Å². The molecule has 6 nitrogen and oxygen atoms in total. The molecule has 1 aliphatic rings. The first-order valence-electron chi connectivity index (χ1n) is 10.6. The van der Waals surface area contributed by atoms with Gasteiger partial charge in [-0.05, 0) is 54.4 Å². The highest BCUT2D eigenvalue weighted by atomic mass is 32.2. The van der Waals surface area contributed by atoms with Crippen molar-refractivity contribution < 1.29 is 17.6 Å². The molecule has 34 heavy (non-hydrogen) atoms. The molecule has 0 spiro atoms. The van der Waals surface area contributed by atoms with E-state index in [1.807, 2.05) is 34.3 Å². The summed E-state index contributed by atoms with van der Waals surface area (Å²) in [5.41, 5.74) is 0.0595. The average molecular weight is 493 g/mol. The van der Waals surface area contributed by atoms with E-state index in [0.29, 0.717) is 48.5 Å². The number of halogens is 4. The molecule has 1 saturated heterocycles. The van der Waals surface area contributed by atoms with E-state index in [1.54, 1.807) is 18.2 Å². The highest BCUT2D eigenvalue weighted by Crippen LogP contribution is 2.33. The lowest BCUT2D eigenvalue weighted by Gasteiger charge is -2.34. The Morgan fingerprint density at radius 2 is 1.65 bits per heavy atom. The minimum atomic E-state index is -4.36. The van der Waals surface area contributed by atoms with Crippen LogP contribution in [0.1, 0.15) is 5.56 Å². The number of alkyl halides is 3. The largest absolute Gasteiger partial charge is 0.416 e. The van der Waals surface area contributed by atoms with Crippen LogP contribution >= 0.6 is 11.9 Å². The van der Waals surface area contributed by atoms with E-state index in [-0.39, 0.29) is 5.82 Å². The van der Waals surface area contributed by atoms with E-state index < -0.39 is 11.7 Å². The first-order chi connectivity index (χ1) is 16.2. The Labute approximate surface area is 199 Å². The molecule has 0 aliphatic carbocycles. The molecular formula is C23H24F4N6S. The predicted octanol–water partition coefficient (Wildman–Crippen LogP) is 5.27. The van der Waals surface area contributed by atoms with Crippen molar-refractivity contribution in [2.45, 2.75) is 11.1 Å². The molecule has 11 heteroatoms. The van der Waals surface area contributed by atoms with Crippen molar-refractivity contribution in [3.05, 3.63) is 66.0 Å². The third-order valence-corrected chi connectivity index (χ3v) is 6.28. The number of aromatic nitrogens is 2. The van der Waals surface area contributed by atoms with Crippen LogP contribution in [-0.2, 0) is 6.18 Å². The third-order valence-electron chi connectivity index (χ3n) is 5.19. The predicted molar refractivity (Wildman–Crippen MR) is 127 cm³/mol. The molecule has 1 fully saturated rings. The fraction of sp³-hybridized carbons (Fsp3) is 0.304. The van der Waals surface area contributed by atoms with Crippen LogP contribution in [0.15, 0.2) is 59.5 Å². The molecule has 0 amide bonds. The zero-order chi connectivity index (χ0) is 24.3. The van der Waals surface area contributed by atoms with Crippen molar-refractivity contribution in [1.29, 1.82) is 0 Å². The topological polar surface area (TPSA) is 47.5 Å². The Balaban J connectivity index is 1.44. The molecule has 0 saturated carbocycles. The van der Waals surface area contributed by atoms with Crippen molar-refractivity contribution in [2.75, 3.05) is 55.4 Å². The summed E-state index contributed by atoms with van der Waals surface area (Å²) in [5.74, 6) is 1.54. The normalized spacial score (nSPS) is 14.8. The van der Waals surface area contributed by atoms with Gasteiger partial charge in [0.1, 0.15) is 17.5 Å². The number of benzene rings is 2. The number of nitrogens with zero attached hydrogens (tertiary/aromatic N) is 5. The molecule has 4 rings (SSSR count). The van der Waals surface area contributed by atoms with E-state index in [2.05, 4.69) is 15.3 Å². The van der Waals surface area contributed by atoms with E-state index in [9.17, 15) is 17.6 Å². The molecule has 1 aromatic heterocycles. The zero-order valence-electron chi connectivity index (χ0n) is 18.7. The minimum absolute atomic E-state index is 0.316. The second kappa shape index (κ2) is 10.1. The number of nitrogens with one attached hydrogen (secondary N) is 1. The molecule has 1 aliphatic heterocycles. The van der Waals surface area contributed by atoms with Crippen LogP contribution in [0.5, 0.6) is 0 Å². The van der Waals surface area contributed by atoms with Gasteiger partial charge in [-0.2, -0.15) is 23.1 Å². The maximum Gasteiger partial charge on any atom is 0.416 e. The molecule has 0 unspecified atom stereocenters. The zero-order valence-corrected chi connectivity index (χ0v) is 19.5. The summed E-state index contributed by atoms with van der Waals surface area (Å²) in [7, 11) is 3.77. The third kappa shape index (κ3) is 6.09. The van der Waals surface area contributed by atoms with Gasteiger partial charge < -0.3 is 15.1 Å². The molecule has 2 heterocycles. The Morgan fingerprint density at radius 1 is 0.941 bits per heavy atom. The second-order valence-electron chi connectivity index (χ2n) is 7.97. The van der Waals surface area contributed by atoms with Gasteiger partial charge in [0.25, 0.3) is 0 Å². The van der Waals surface area contributed by atoms with Crippen molar-refractivity contribution in [3.63, 3.8) is 0 Å². The van der Waals surface area contributed by atoms with Gasteiger partial charge in [0, 0.05) is 56.9 Å². The summed E-state index contributed by atoms with van der Waals surface area (Å²) in [6.07, 6.45) is -4.36. The average Bonchev–Trinajstić information content (AvgIpc) is 2.80. The van der Waals surface area contributed by atoms with Crippen LogP contribution in [0.4, 0.5) is 40.8 Å². The molecule has 180 valence electrons. The molecule has 0 atom stereocenters. The van der Waals surface area contributed by atoms with E-state index >= 15 is 0 Å². The Hall–Kier alpha value is -3.05. The van der Waals surface area contributed by atoms with Crippen molar-refractivity contribution in [1.82, 2.24) is 14.3 Å². The quantitative estimate of drug-likeness (QED) is 0.371. The van der Waals surface area contributed by atoms with Gasteiger partial charge in [-0.25, -0.2) is 8.70 Å². The van der Waals surface area contributed by atoms with Crippen molar-refractivity contribution in [3.8, 4) is 0 Å². The van der Waals surface area contributed by atoms with E-state index in [1.165, 1.54) is 36.2 Å². The van der Waals surface area contributed by atoms with Gasteiger partial charge >= 0.3 is 6.18 Å². The summed E-state index contributed by atoms with van der Waals surface area (Å²) in [6, 6.07) is 13.2. The molecule has 0 bridgehead atoms.